The van der Waals surface area contributed by atoms with Crippen LogP contribution in [-0.2, 0) is 10.4 Å². The molecule has 0 aromatic rings. The SMILES string of the molecule is O=C([O-])[O-].O=S(=O)([O-])[O-].[Ca+2].[Mg+2].[Mg+2]. The van der Waals surface area contributed by atoms with Crippen molar-refractivity contribution in [1.82, 2.24) is 0 Å². The van der Waals surface area contributed by atoms with E-state index < -0.39 is 16.6 Å². The molecule has 0 amide bonds. The van der Waals surface area contributed by atoms with Crippen LogP contribution in [0.5, 0.6) is 0 Å². The summed E-state index contributed by atoms with van der Waals surface area (Å²) < 4.78 is 34.1. The molecule has 0 atom stereocenters. The van der Waals surface area contributed by atoms with Gasteiger partial charge in [-0.1, -0.05) is 0 Å². The molecule has 56 valence electrons. The van der Waals surface area contributed by atoms with Gasteiger partial charge in [-0.15, -0.1) is 0 Å². The van der Waals surface area contributed by atoms with Crippen LogP contribution in [0.25, 0.3) is 0 Å². The van der Waals surface area contributed by atoms with Gasteiger partial charge < -0.3 is 24.1 Å². The van der Waals surface area contributed by atoms with Crippen LogP contribution in [0.15, 0.2) is 0 Å². The summed E-state index contributed by atoms with van der Waals surface area (Å²) in [5.74, 6) is 0. The number of rotatable bonds is 0. The molecule has 0 spiro atoms. The van der Waals surface area contributed by atoms with Crippen LogP contribution in [0.1, 0.15) is 0 Å². The molecule has 0 aliphatic rings. The molecular formula is CCaMg2O7S+2. The topological polar surface area (TPSA) is 143 Å². The quantitative estimate of drug-likeness (QED) is 0.236. The van der Waals surface area contributed by atoms with Crippen molar-refractivity contribution in [2.75, 3.05) is 0 Å². The van der Waals surface area contributed by atoms with Crippen LogP contribution in [0.2, 0.25) is 0 Å². The molecule has 0 unspecified atom stereocenters. The summed E-state index contributed by atoms with van der Waals surface area (Å²) in [6, 6.07) is 0. The van der Waals surface area contributed by atoms with E-state index >= 15 is 0 Å². The van der Waals surface area contributed by atoms with Gasteiger partial charge in [-0.25, -0.2) is 0 Å². The van der Waals surface area contributed by atoms with Crippen LogP contribution < -0.4 is 10.2 Å². The monoisotopic (exact) mass is 244 g/mol. The first-order valence-corrected chi connectivity index (χ1v) is 2.61. The van der Waals surface area contributed by atoms with Crippen molar-refractivity contribution in [3.63, 3.8) is 0 Å². The molecule has 0 aliphatic carbocycles. The van der Waals surface area contributed by atoms with E-state index in [0.29, 0.717) is 0 Å². The van der Waals surface area contributed by atoms with E-state index in [9.17, 15) is 0 Å². The van der Waals surface area contributed by atoms with Crippen LogP contribution in [0.4, 0.5) is 4.79 Å². The van der Waals surface area contributed by atoms with Gasteiger partial charge in [0.25, 0.3) is 0 Å². The normalized spacial score (nSPS) is 6.83. The van der Waals surface area contributed by atoms with Crippen molar-refractivity contribution in [1.29, 1.82) is 0 Å². The molecular weight excluding hydrogens is 245 g/mol. The molecule has 0 heterocycles. The standard InChI is InChI=1S/CH2O3.Ca.2Mg.H2O4S/c2-1(3)4;;;;1-5(2,3)4/h(H2,2,3,4);;;;(H2,1,2,3,4)/q;3*+2;/p-4. The van der Waals surface area contributed by atoms with Gasteiger partial charge in [-0.05, 0) is 6.16 Å². The number of hydrogen-bond acceptors (Lipinski definition) is 7. The molecule has 0 fully saturated rings. The molecule has 0 saturated heterocycles. The van der Waals surface area contributed by atoms with Crippen LogP contribution in [0.3, 0.4) is 0 Å². The van der Waals surface area contributed by atoms with Gasteiger partial charge in [0, 0.05) is 10.4 Å². The van der Waals surface area contributed by atoms with E-state index in [1.165, 1.54) is 0 Å². The van der Waals surface area contributed by atoms with Crippen LogP contribution >= 0.6 is 0 Å². The summed E-state index contributed by atoms with van der Waals surface area (Å²) in [6.07, 6.45) is -2.33. The molecule has 0 N–H and O–H groups in total. The van der Waals surface area contributed by atoms with Crippen molar-refractivity contribution in [2.24, 2.45) is 0 Å². The third-order valence-electron chi connectivity index (χ3n) is 0. The third kappa shape index (κ3) is 382. The Bertz CT molecular complexity index is 164. The molecule has 11 heteroatoms. The van der Waals surface area contributed by atoms with Crippen molar-refractivity contribution >= 4 is 100 Å². The Morgan fingerprint density at radius 1 is 1.00 bits per heavy atom. The van der Waals surface area contributed by atoms with Crippen molar-refractivity contribution in [3.8, 4) is 0 Å². The fourth-order valence-corrected chi connectivity index (χ4v) is 0. The van der Waals surface area contributed by atoms with Gasteiger partial charge >= 0.3 is 83.8 Å². The second kappa shape index (κ2) is 15.4. The molecule has 0 aliphatic heterocycles. The molecule has 0 aromatic carbocycles. The molecule has 0 saturated carbocycles. The molecule has 12 heavy (non-hydrogen) atoms. The first-order chi connectivity index (χ1) is 3.73. The molecule has 0 radical (unpaired) electrons. The number of carboxylic acid groups (broad SMARTS) is 2. The molecule has 0 rings (SSSR count). The second-order valence-corrected chi connectivity index (χ2v) is 1.47. The van der Waals surface area contributed by atoms with E-state index in [-0.39, 0.29) is 83.8 Å². The Morgan fingerprint density at radius 2 is 1.00 bits per heavy atom. The molecule has 0 bridgehead atoms. The average molecular weight is 245 g/mol. The number of hydrogen-bond donors (Lipinski definition) is 0. The predicted octanol–water partition coefficient (Wildman–Crippen LogP) is -4.93. The van der Waals surface area contributed by atoms with Gasteiger partial charge in [0.05, 0.1) is 0 Å². The zero-order valence-corrected chi connectivity index (χ0v) is 11.7. The number of carbonyl (C=O) groups is 1. The summed E-state index contributed by atoms with van der Waals surface area (Å²) in [5, 5.41) is 16.7. The van der Waals surface area contributed by atoms with Gasteiger partial charge in [-0.2, -0.15) is 0 Å². The van der Waals surface area contributed by atoms with Gasteiger partial charge in [0.1, 0.15) is 0 Å². The van der Waals surface area contributed by atoms with Crippen molar-refractivity contribution in [3.05, 3.63) is 0 Å². The van der Waals surface area contributed by atoms with Crippen LogP contribution in [0, 0.1) is 0 Å². The summed E-state index contributed by atoms with van der Waals surface area (Å²) in [7, 11) is -5.17. The summed E-state index contributed by atoms with van der Waals surface area (Å²) in [6.45, 7) is 0. The maximum Gasteiger partial charge on any atom is 2.00 e. The van der Waals surface area contributed by atoms with Crippen molar-refractivity contribution < 1.29 is 32.5 Å². The van der Waals surface area contributed by atoms with E-state index in [1.54, 1.807) is 0 Å². The maximum atomic E-state index is 8.52. The smallest absolute Gasteiger partial charge is 0.759 e. The Balaban J connectivity index is -0.0000000221. The van der Waals surface area contributed by atoms with Gasteiger partial charge in [0.2, 0.25) is 0 Å². The third-order valence-corrected chi connectivity index (χ3v) is 0. The van der Waals surface area contributed by atoms with E-state index in [1.807, 2.05) is 0 Å². The molecule has 7 nitrogen and oxygen atoms in total. The summed E-state index contributed by atoms with van der Waals surface area (Å²) in [5.41, 5.74) is 0. The zero-order chi connectivity index (χ0) is 8.08. The van der Waals surface area contributed by atoms with E-state index in [2.05, 4.69) is 0 Å². The summed E-state index contributed by atoms with van der Waals surface area (Å²) in [4.78, 5) is 8.33. The Kier molecular flexibility index (Phi) is 37.5. The minimum atomic E-state index is -5.17. The Labute approximate surface area is 131 Å². The average Bonchev–Trinajstić information content (AvgIpc) is 1.19. The fraction of sp³-hybridized carbons (Fsp3) is 0. The second-order valence-electron chi connectivity index (χ2n) is 0.658. The summed E-state index contributed by atoms with van der Waals surface area (Å²) >= 11 is 0. The first kappa shape index (κ1) is 29.2. The number of carbonyl (C=O) groups excluding carboxylic acids is 1. The van der Waals surface area contributed by atoms with Gasteiger partial charge in [-0.3, -0.25) is 8.42 Å². The minimum absolute atomic E-state index is 0. The maximum absolute atomic E-state index is 8.52. The Hall–Kier alpha value is 1.93. The largest absolute Gasteiger partial charge is 2.00 e. The van der Waals surface area contributed by atoms with E-state index in [0.717, 1.165) is 0 Å². The Morgan fingerprint density at radius 3 is 1.00 bits per heavy atom. The zero-order valence-electron chi connectivity index (χ0n) is 5.89. The predicted molar refractivity (Wildman–Crippen MR) is 33.1 cm³/mol. The van der Waals surface area contributed by atoms with Crippen LogP contribution in [-0.4, -0.2) is 108 Å². The fourth-order valence-electron chi connectivity index (χ4n) is 0. The molecule has 0 aromatic heterocycles. The minimum Gasteiger partial charge on any atom is -0.759 e. The van der Waals surface area contributed by atoms with E-state index in [4.69, 9.17) is 32.5 Å². The van der Waals surface area contributed by atoms with Crippen molar-refractivity contribution in [2.45, 2.75) is 0 Å². The van der Waals surface area contributed by atoms with Gasteiger partial charge in [0.15, 0.2) is 0 Å². The first-order valence-electron chi connectivity index (χ1n) is 1.28.